The SMILES string of the molecule is CCOC(=O)/C(N)=C/O. The van der Waals surface area contributed by atoms with Crippen molar-refractivity contribution in [1.29, 1.82) is 0 Å². The number of aliphatic hydroxyl groups excluding tert-OH is 1. The molecule has 0 aromatic heterocycles. The minimum Gasteiger partial charge on any atom is -0.513 e. The van der Waals surface area contributed by atoms with Gasteiger partial charge < -0.3 is 15.6 Å². The van der Waals surface area contributed by atoms with Crippen LogP contribution in [-0.2, 0) is 9.53 Å². The first-order valence-corrected chi connectivity index (χ1v) is 2.49. The lowest BCUT2D eigenvalue weighted by Crippen LogP contribution is -2.14. The minimum absolute atomic E-state index is 0.257. The van der Waals surface area contributed by atoms with Gasteiger partial charge in [-0.05, 0) is 6.92 Å². The van der Waals surface area contributed by atoms with E-state index in [2.05, 4.69) is 4.74 Å². The molecule has 9 heavy (non-hydrogen) atoms. The quantitative estimate of drug-likeness (QED) is 0.312. The maximum absolute atomic E-state index is 10.4. The fourth-order valence-electron chi connectivity index (χ4n) is 0.267. The number of ether oxygens (including phenoxy) is 1. The third kappa shape index (κ3) is 2.58. The summed E-state index contributed by atoms with van der Waals surface area (Å²) in [5.41, 5.74) is 4.66. The zero-order chi connectivity index (χ0) is 7.28. The number of carbonyl (C=O) groups is 1. The summed E-state index contributed by atoms with van der Waals surface area (Å²) in [5.74, 6) is -0.694. The van der Waals surface area contributed by atoms with Crippen LogP contribution in [0.25, 0.3) is 0 Å². The average molecular weight is 131 g/mol. The van der Waals surface area contributed by atoms with E-state index in [-0.39, 0.29) is 12.3 Å². The summed E-state index contributed by atoms with van der Waals surface area (Å²) < 4.78 is 4.40. The molecule has 0 aliphatic carbocycles. The van der Waals surface area contributed by atoms with E-state index < -0.39 is 5.97 Å². The van der Waals surface area contributed by atoms with Crippen molar-refractivity contribution in [1.82, 2.24) is 0 Å². The van der Waals surface area contributed by atoms with Gasteiger partial charge in [0.1, 0.15) is 6.26 Å². The molecule has 0 spiro atoms. The van der Waals surface area contributed by atoms with Gasteiger partial charge in [0, 0.05) is 0 Å². The molecule has 0 atom stereocenters. The maximum atomic E-state index is 10.4. The van der Waals surface area contributed by atoms with Crippen molar-refractivity contribution in [3.05, 3.63) is 12.0 Å². The molecule has 0 aromatic carbocycles. The van der Waals surface area contributed by atoms with Crippen molar-refractivity contribution in [2.24, 2.45) is 5.73 Å². The van der Waals surface area contributed by atoms with Crippen LogP contribution in [0.2, 0.25) is 0 Å². The van der Waals surface area contributed by atoms with Gasteiger partial charge in [0.25, 0.3) is 0 Å². The van der Waals surface area contributed by atoms with Crippen molar-refractivity contribution in [3.63, 3.8) is 0 Å². The third-order valence-electron chi connectivity index (χ3n) is 0.650. The minimum atomic E-state index is -0.694. The summed E-state index contributed by atoms with van der Waals surface area (Å²) in [5, 5.41) is 8.14. The molecule has 4 heteroatoms. The standard InChI is InChI=1S/C5H9NO3/c1-2-9-5(8)4(6)3-7/h3,7H,2,6H2,1H3/b4-3-. The van der Waals surface area contributed by atoms with Crippen molar-refractivity contribution in [2.75, 3.05) is 6.61 Å². The van der Waals surface area contributed by atoms with Crippen molar-refractivity contribution >= 4 is 5.97 Å². The van der Waals surface area contributed by atoms with Gasteiger partial charge in [-0.15, -0.1) is 0 Å². The normalized spacial score (nSPS) is 11.0. The Morgan fingerprint density at radius 3 is 2.78 bits per heavy atom. The molecule has 0 aliphatic heterocycles. The molecule has 0 saturated carbocycles. The number of rotatable bonds is 2. The first-order valence-electron chi connectivity index (χ1n) is 2.49. The third-order valence-corrected chi connectivity index (χ3v) is 0.650. The van der Waals surface area contributed by atoms with E-state index >= 15 is 0 Å². The summed E-state index contributed by atoms with van der Waals surface area (Å²) in [6, 6.07) is 0. The van der Waals surface area contributed by atoms with Gasteiger partial charge >= 0.3 is 5.97 Å². The Balaban J connectivity index is 3.74. The summed E-state index contributed by atoms with van der Waals surface area (Å²) >= 11 is 0. The van der Waals surface area contributed by atoms with Crippen molar-refractivity contribution in [3.8, 4) is 0 Å². The van der Waals surface area contributed by atoms with Crippen LogP contribution in [-0.4, -0.2) is 17.7 Å². The van der Waals surface area contributed by atoms with E-state index in [4.69, 9.17) is 10.8 Å². The largest absolute Gasteiger partial charge is 0.513 e. The predicted molar refractivity (Wildman–Crippen MR) is 31.5 cm³/mol. The van der Waals surface area contributed by atoms with Gasteiger partial charge in [-0.2, -0.15) is 0 Å². The van der Waals surface area contributed by atoms with Crippen LogP contribution in [0.4, 0.5) is 0 Å². The highest BCUT2D eigenvalue weighted by molar-refractivity contribution is 5.86. The summed E-state index contributed by atoms with van der Waals surface area (Å²) in [4.78, 5) is 10.4. The van der Waals surface area contributed by atoms with Crippen LogP contribution in [0.15, 0.2) is 12.0 Å². The molecular formula is C5H9NO3. The number of nitrogens with two attached hydrogens (primary N) is 1. The smallest absolute Gasteiger partial charge is 0.357 e. The molecule has 0 radical (unpaired) electrons. The fraction of sp³-hybridized carbons (Fsp3) is 0.400. The van der Waals surface area contributed by atoms with Gasteiger partial charge in [0.05, 0.1) is 6.61 Å². The Kier molecular flexibility index (Phi) is 3.27. The highest BCUT2D eigenvalue weighted by Gasteiger charge is 2.03. The Hall–Kier alpha value is -1.19. The molecule has 0 aliphatic rings. The van der Waals surface area contributed by atoms with Gasteiger partial charge in [-0.25, -0.2) is 4.79 Å². The van der Waals surface area contributed by atoms with Crippen LogP contribution < -0.4 is 5.73 Å². The molecule has 4 nitrogen and oxygen atoms in total. The van der Waals surface area contributed by atoms with Crippen LogP contribution in [0, 0.1) is 0 Å². The number of carbonyl (C=O) groups excluding carboxylic acids is 1. The lowest BCUT2D eigenvalue weighted by molar-refractivity contribution is -0.138. The number of aliphatic hydroxyl groups is 1. The predicted octanol–water partition coefficient (Wildman–Crippen LogP) is -0.0924. The van der Waals surface area contributed by atoms with Crippen molar-refractivity contribution < 1.29 is 14.6 Å². The second-order valence-electron chi connectivity index (χ2n) is 1.30. The van der Waals surface area contributed by atoms with E-state index in [9.17, 15) is 4.79 Å². The lowest BCUT2D eigenvalue weighted by Gasteiger charge is -1.97. The van der Waals surface area contributed by atoms with Gasteiger partial charge in [0.15, 0.2) is 5.70 Å². The highest BCUT2D eigenvalue weighted by Crippen LogP contribution is 1.85. The molecule has 52 valence electrons. The zero-order valence-corrected chi connectivity index (χ0v) is 5.13. The van der Waals surface area contributed by atoms with E-state index in [1.54, 1.807) is 6.92 Å². The Morgan fingerprint density at radius 2 is 2.44 bits per heavy atom. The van der Waals surface area contributed by atoms with E-state index in [1.807, 2.05) is 0 Å². The number of hydrogen-bond acceptors (Lipinski definition) is 4. The molecule has 0 bridgehead atoms. The lowest BCUT2D eigenvalue weighted by atomic mass is 10.5. The van der Waals surface area contributed by atoms with Gasteiger partial charge in [0.2, 0.25) is 0 Å². The zero-order valence-electron chi connectivity index (χ0n) is 5.13. The summed E-state index contributed by atoms with van der Waals surface area (Å²) in [6.45, 7) is 1.91. The first-order chi connectivity index (χ1) is 4.22. The van der Waals surface area contributed by atoms with E-state index in [0.29, 0.717) is 6.26 Å². The average Bonchev–Trinajstić information content (AvgIpc) is 1.87. The maximum Gasteiger partial charge on any atom is 0.357 e. The molecular weight excluding hydrogens is 122 g/mol. The van der Waals surface area contributed by atoms with Gasteiger partial charge in [-0.1, -0.05) is 0 Å². The van der Waals surface area contributed by atoms with Crippen LogP contribution in [0.3, 0.4) is 0 Å². The van der Waals surface area contributed by atoms with Crippen LogP contribution in [0.5, 0.6) is 0 Å². The fourth-order valence-corrected chi connectivity index (χ4v) is 0.267. The number of esters is 1. The molecule has 0 fully saturated rings. The molecule has 0 unspecified atom stereocenters. The van der Waals surface area contributed by atoms with Crippen molar-refractivity contribution in [2.45, 2.75) is 6.92 Å². The number of hydrogen-bond donors (Lipinski definition) is 2. The monoisotopic (exact) mass is 131 g/mol. The Bertz CT molecular complexity index is 130. The second kappa shape index (κ2) is 3.77. The second-order valence-corrected chi connectivity index (χ2v) is 1.30. The molecule has 0 amide bonds. The van der Waals surface area contributed by atoms with Crippen LogP contribution in [0.1, 0.15) is 6.92 Å². The topological polar surface area (TPSA) is 72.5 Å². The molecule has 0 aromatic rings. The molecule has 0 saturated heterocycles. The molecule has 3 N–H and O–H groups in total. The molecule has 0 heterocycles. The summed E-state index contributed by atoms with van der Waals surface area (Å²) in [7, 11) is 0. The Labute approximate surface area is 52.9 Å². The van der Waals surface area contributed by atoms with Gasteiger partial charge in [-0.3, -0.25) is 0 Å². The van der Waals surface area contributed by atoms with E-state index in [1.165, 1.54) is 0 Å². The first kappa shape index (κ1) is 7.81. The van der Waals surface area contributed by atoms with Crippen LogP contribution >= 0.6 is 0 Å². The molecule has 0 rings (SSSR count). The Morgan fingerprint density at radius 1 is 1.89 bits per heavy atom. The highest BCUT2D eigenvalue weighted by atomic mass is 16.5. The van der Waals surface area contributed by atoms with E-state index in [0.717, 1.165) is 0 Å². The summed E-state index contributed by atoms with van der Waals surface area (Å²) in [6.07, 6.45) is 0.512.